The lowest BCUT2D eigenvalue weighted by Gasteiger charge is -2.15. The zero-order valence-electron chi connectivity index (χ0n) is 9.89. The Kier molecular flexibility index (Phi) is 3.12. The molecule has 1 aromatic rings. The van der Waals surface area contributed by atoms with Crippen molar-refractivity contribution in [2.24, 2.45) is 0 Å². The molecule has 0 aliphatic heterocycles. The molecule has 1 aliphatic rings. The Morgan fingerprint density at radius 2 is 2.27 bits per heavy atom. The van der Waals surface area contributed by atoms with Crippen molar-refractivity contribution in [1.82, 2.24) is 10.3 Å². The molecule has 0 spiro atoms. The number of aryl methyl sites for hydroxylation is 1. The van der Waals surface area contributed by atoms with Crippen molar-refractivity contribution in [3.05, 3.63) is 15.6 Å². The highest BCUT2D eigenvalue weighted by Gasteiger charge is 2.33. The lowest BCUT2D eigenvalue weighted by molar-refractivity contribution is 0.507. The summed E-state index contributed by atoms with van der Waals surface area (Å²) in [5, 5.41) is 4.68. The predicted molar refractivity (Wildman–Crippen MR) is 65.5 cm³/mol. The van der Waals surface area contributed by atoms with Gasteiger partial charge < -0.3 is 5.32 Å². The third-order valence-corrected chi connectivity index (χ3v) is 4.18. The maximum absolute atomic E-state index is 4.77. The molecule has 0 unspecified atom stereocenters. The molecule has 0 aromatic carbocycles. The molecule has 2 rings (SSSR count). The van der Waals surface area contributed by atoms with Crippen LogP contribution in [-0.4, -0.2) is 11.5 Å². The van der Waals surface area contributed by atoms with Gasteiger partial charge in [0.2, 0.25) is 0 Å². The lowest BCUT2D eigenvalue weighted by atomic mass is 9.91. The van der Waals surface area contributed by atoms with Crippen LogP contribution in [0.1, 0.15) is 49.2 Å². The minimum Gasteiger partial charge on any atom is -0.310 e. The van der Waals surface area contributed by atoms with E-state index in [-0.39, 0.29) is 0 Å². The Labute approximate surface area is 96.1 Å². The number of aromatic nitrogens is 1. The molecule has 3 heteroatoms. The molecule has 0 atom stereocenters. The zero-order valence-corrected chi connectivity index (χ0v) is 10.7. The summed E-state index contributed by atoms with van der Waals surface area (Å²) in [7, 11) is 0. The van der Waals surface area contributed by atoms with E-state index in [1.165, 1.54) is 34.8 Å². The van der Waals surface area contributed by atoms with Crippen molar-refractivity contribution in [1.29, 1.82) is 0 Å². The summed E-state index contributed by atoms with van der Waals surface area (Å²) in [5.41, 5.74) is 1.68. The van der Waals surface area contributed by atoms with Gasteiger partial charge in [-0.15, -0.1) is 11.3 Å². The molecule has 0 saturated heterocycles. The summed E-state index contributed by atoms with van der Waals surface area (Å²) in [6.45, 7) is 8.84. The maximum Gasteiger partial charge on any atom is 0.107 e. The highest BCUT2D eigenvalue weighted by atomic mass is 32.1. The smallest absolute Gasteiger partial charge is 0.107 e. The van der Waals surface area contributed by atoms with Crippen LogP contribution in [-0.2, 0) is 18.4 Å². The van der Waals surface area contributed by atoms with Crippen LogP contribution in [0.3, 0.4) is 0 Å². The zero-order chi connectivity index (χ0) is 10.9. The number of hydrogen-bond acceptors (Lipinski definition) is 3. The molecule has 15 heavy (non-hydrogen) atoms. The van der Waals surface area contributed by atoms with Crippen LogP contribution in [0.25, 0.3) is 0 Å². The number of nitrogens with zero attached hydrogens (tertiary/aromatic N) is 1. The van der Waals surface area contributed by atoms with E-state index in [0.717, 1.165) is 13.1 Å². The van der Waals surface area contributed by atoms with Crippen molar-refractivity contribution in [3.63, 3.8) is 0 Å². The van der Waals surface area contributed by atoms with Crippen LogP contribution >= 0.6 is 11.3 Å². The van der Waals surface area contributed by atoms with Crippen molar-refractivity contribution in [3.8, 4) is 0 Å². The topological polar surface area (TPSA) is 24.9 Å². The Hall–Kier alpha value is -0.410. The van der Waals surface area contributed by atoms with Gasteiger partial charge in [0.15, 0.2) is 0 Å². The average Bonchev–Trinajstić information content (AvgIpc) is 2.69. The second kappa shape index (κ2) is 4.22. The first-order valence-electron chi connectivity index (χ1n) is 5.83. The summed E-state index contributed by atoms with van der Waals surface area (Å²) in [4.78, 5) is 6.29. The van der Waals surface area contributed by atoms with E-state index in [4.69, 9.17) is 4.98 Å². The Morgan fingerprint density at radius 1 is 1.47 bits per heavy atom. The van der Waals surface area contributed by atoms with Crippen LogP contribution in [0.15, 0.2) is 0 Å². The van der Waals surface area contributed by atoms with Gasteiger partial charge in [0.05, 0.1) is 5.69 Å². The van der Waals surface area contributed by atoms with Gasteiger partial charge in [0.25, 0.3) is 0 Å². The Balaban J connectivity index is 2.05. The number of hydrogen-bond donors (Lipinski definition) is 1. The first kappa shape index (κ1) is 11.1. The van der Waals surface area contributed by atoms with Gasteiger partial charge in [-0.1, -0.05) is 20.8 Å². The van der Waals surface area contributed by atoms with Gasteiger partial charge in [-0.3, -0.25) is 0 Å². The molecule has 84 valence electrons. The molecule has 0 saturated carbocycles. The van der Waals surface area contributed by atoms with Gasteiger partial charge in [-0.05, 0) is 25.8 Å². The minimum absolute atomic E-state index is 0.314. The minimum atomic E-state index is 0.314. The van der Waals surface area contributed by atoms with Gasteiger partial charge in [-0.25, -0.2) is 4.98 Å². The van der Waals surface area contributed by atoms with Crippen LogP contribution in [0.2, 0.25) is 0 Å². The van der Waals surface area contributed by atoms with Gasteiger partial charge in [-0.2, -0.15) is 0 Å². The summed E-state index contributed by atoms with van der Waals surface area (Å²) >= 11 is 1.90. The number of thiazole rings is 1. The quantitative estimate of drug-likeness (QED) is 0.796. The fourth-order valence-corrected chi connectivity index (χ4v) is 3.31. The maximum atomic E-state index is 4.77. The first-order chi connectivity index (χ1) is 7.13. The molecule has 1 aromatic heterocycles. The second-order valence-electron chi connectivity index (χ2n) is 4.94. The molecule has 1 N–H and O–H groups in total. The van der Waals surface area contributed by atoms with E-state index in [1.54, 1.807) is 0 Å². The van der Waals surface area contributed by atoms with Gasteiger partial charge >= 0.3 is 0 Å². The van der Waals surface area contributed by atoms with E-state index >= 15 is 0 Å². The summed E-state index contributed by atoms with van der Waals surface area (Å²) < 4.78 is 0. The van der Waals surface area contributed by atoms with E-state index in [0.29, 0.717) is 5.41 Å². The summed E-state index contributed by atoms with van der Waals surface area (Å²) in [6, 6.07) is 0. The van der Waals surface area contributed by atoms with Crippen molar-refractivity contribution in [2.45, 2.75) is 52.0 Å². The molecule has 0 amide bonds. The fraction of sp³-hybridized carbons (Fsp3) is 0.750. The molecule has 2 nitrogen and oxygen atoms in total. The van der Waals surface area contributed by atoms with Crippen molar-refractivity contribution < 1.29 is 0 Å². The molecular weight excluding hydrogens is 204 g/mol. The average molecular weight is 224 g/mol. The van der Waals surface area contributed by atoms with E-state index in [9.17, 15) is 0 Å². The number of nitrogens with one attached hydrogen (secondary N) is 1. The van der Waals surface area contributed by atoms with E-state index in [1.807, 2.05) is 11.3 Å². The first-order valence-corrected chi connectivity index (χ1v) is 6.65. The largest absolute Gasteiger partial charge is 0.310 e. The highest BCUT2D eigenvalue weighted by molar-refractivity contribution is 7.11. The van der Waals surface area contributed by atoms with Gasteiger partial charge in [0.1, 0.15) is 5.01 Å². The predicted octanol–water partition coefficient (Wildman–Crippen LogP) is 2.87. The number of fused-ring (bicyclic) bond motifs is 1. The van der Waals surface area contributed by atoms with Crippen LogP contribution in [0, 0.1) is 0 Å². The Bertz CT molecular complexity index is 341. The molecule has 1 heterocycles. The number of rotatable bonds is 4. The molecule has 1 aliphatic carbocycles. The van der Waals surface area contributed by atoms with E-state index < -0.39 is 0 Å². The van der Waals surface area contributed by atoms with Crippen molar-refractivity contribution >= 4 is 11.3 Å². The third kappa shape index (κ3) is 2.23. The summed E-state index contributed by atoms with van der Waals surface area (Å²) in [5.74, 6) is 0. The Morgan fingerprint density at radius 3 is 2.93 bits per heavy atom. The van der Waals surface area contributed by atoms with Crippen LogP contribution in [0.4, 0.5) is 0 Å². The summed E-state index contributed by atoms with van der Waals surface area (Å²) in [6.07, 6.45) is 3.69. The van der Waals surface area contributed by atoms with Crippen LogP contribution < -0.4 is 5.32 Å². The second-order valence-corrected chi connectivity index (χ2v) is 6.11. The SMILES string of the molecule is CCCNCc1nc2c(s1)CCC2(C)C. The standard InChI is InChI=1S/C12H20N2S/c1-4-7-13-8-10-14-11-9(15-10)5-6-12(11,2)3/h13H,4-8H2,1-3H3. The van der Waals surface area contributed by atoms with Crippen molar-refractivity contribution in [2.75, 3.05) is 6.54 Å². The highest BCUT2D eigenvalue weighted by Crippen LogP contribution is 2.40. The van der Waals surface area contributed by atoms with Gasteiger partial charge in [0, 0.05) is 16.8 Å². The monoisotopic (exact) mass is 224 g/mol. The van der Waals surface area contributed by atoms with E-state index in [2.05, 4.69) is 26.1 Å². The molecule has 0 bridgehead atoms. The molecular formula is C12H20N2S. The third-order valence-electron chi connectivity index (χ3n) is 3.06. The fourth-order valence-electron chi connectivity index (χ4n) is 2.09. The van der Waals surface area contributed by atoms with Crippen LogP contribution in [0.5, 0.6) is 0 Å². The lowest BCUT2D eigenvalue weighted by Crippen LogP contribution is -2.16. The molecule has 0 radical (unpaired) electrons. The molecule has 0 fully saturated rings. The normalized spacial score (nSPS) is 18.1.